The zero-order chi connectivity index (χ0) is 24.6. The highest BCUT2D eigenvalue weighted by Crippen LogP contribution is 2.25. The van der Waals surface area contributed by atoms with Crippen LogP contribution in [0.15, 0.2) is 102 Å². The van der Waals surface area contributed by atoms with Crippen molar-refractivity contribution in [2.45, 2.75) is 6.42 Å². The maximum absolute atomic E-state index is 13.1. The lowest BCUT2D eigenvalue weighted by atomic mass is 10.1. The lowest BCUT2D eigenvalue weighted by Crippen LogP contribution is -2.16. The lowest BCUT2D eigenvalue weighted by Gasteiger charge is -2.13. The third-order valence-corrected chi connectivity index (χ3v) is 5.66. The van der Waals surface area contributed by atoms with E-state index in [9.17, 15) is 14.0 Å². The van der Waals surface area contributed by atoms with Crippen LogP contribution < -0.4 is 15.4 Å². The molecule has 35 heavy (non-hydrogen) atoms. The molecule has 0 saturated carbocycles. The molecule has 0 atom stereocenters. The molecule has 4 aromatic carbocycles. The van der Waals surface area contributed by atoms with Crippen molar-refractivity contribution in [2.24, 2.45) is 0 Å². The van der Waals surface area contributed by atoms with E-state index in [1.54, 1.807) is 36.4 Å². The number of ether oxygens (including phenoxy) is 1. The molecule has 2 N–H and O–H groups in total. The summed E-state index contributed by atoms with van der Waals surface area (Å²) in [5.74, 6) is -0.660. The number of benzene rings is 4. The Labute approximate surface area is 211 Å². The van der Waals surface area contributed by atoms with Gasteiger partial charge in [-0.25, -0.2) is 4.39 Å². The van der Waals surface area contributed by atoms with Crippen LogP contribution in [0.3, 0.4) is 0 Å². The Morgan fingerprint density at radius 3 is 2.29 bits per heavy atom. The molecule has 4 aromatic rings. The van der Waals surface area contributed by atoms with Crippen LogP contribution in [0.5, 0.6) is 5.75 Å². The smallest absolute Gasteiger partial charge is 0.259 e. The summed E-state index contributed by atoms with van der Waals surface area (Å²) in [4.78, 5) is 25.7. The first kappa shape index (κ1) is 24.2. The molecule has 0 saturated heterocycles. The van der Waals surface area contributed by atoms with Gasteiger partial charge in [-0.15, -0.1) is 0 Å². The molecule has 0 bridgehead atoms. The number of amides is 2. The van der Waals surface area contributed by atoms with Gasteiger partial charge in [0.2, 0.25) is 0 Å². The van der Waals surface area contributed by atoms with Gasteiger partial charge in [0.15, 0.2) is 0 Å². The van der Waals surface area contributed by atoms with E-state index in [1.165, 1.54) is 24.3 Å². The summed E-state index contributed by atoms with van der Waals surface area (Å²) >= 11 is 3.41. The zero-order valence-electron chi connectivity index (χ0n) is 18.6. The third-order valence-electron chi connectivity index (χ3n) is 5.16. The van der Waals surface area contributed by atoms with Gasteiger partial charge in [0.05, 0.1) is 12.2 Å². The van der Waals surface area contributed by atoms with Gasteiger partial charge in [-0.05, 0) is 66.2 Å². The Morgan fingerprint density at radius 1 is 0.771 bits per heavy atom. The van der Waals surface area contributed by atoms with Crippen LogP contribution in [0.1, 0.15) is 26.3 Å². The van der Waals surface area contributed by atoms with Crippen molar-refractivity contribution in [3.05, 3.63) is 124 Å². The summed E-state index contributed by atoms with van der Waals surface area (Å²) in [7, 11) is 0. The Kier molecular flexibility index (Phi) is 7.90. The van der Waals surface area contributed by atoms with Crippen molar-refractivity contribution >= 4 is 39.1 Å². The first-order chi connectivity index (χ1) is 17.0. The molecular formula is C28H22BrFN2O3. The molecule has 0 spiro atoms. The summed E-state index contributed by atoms with van der Waals surface area (Å²) in [6.45, 7) is 0.422. The molecule has 0 aromatic heterocycles. The minimum atomic E-state index is -0.385. The Bertz CT molecular complexity index is 1330. The van der Waals surface area contributed by atoms with Crippen LogP contribution in [0.25, 0.3) is 0 Å². The summed E-state index contributed by atoms with van der Waals surface area (Å²) < 4.78 is 19.8. The zero-order valence-corrected chi connectivity index (χ0v) is 20.2. The maximum atomic E-state index is 13.1. The van der Waals surface area contributed by atoms with Crippen molar-refractivity contribution in [3.63, 3.8) is 0 Å². The molecule has 0 fully saturated rings. The van der Waals surface area contributed by atoms with Crippen molar-refractivity contribution in [1.29, 1.82) is 0 Å². The van der Waals surface area contributed by atoms with Gasteiger partial charge in [-0.3, -0.25) is 9.59 Å². The van der Waals surface area contributed by atoms with Crippen molar-refractivity contribution in [2.75, 3.05) is 17.2 Å². The predicted octanol–water partition coefficient (Wildman–Crippen LogP) is 6.71. The van der Waals surface area contributed by atoms with Gasteiger partial charge in [0, 0.05) is 27.8 Å². The Hall–Kier alpha value is -3.97. The maximum Gasteiger partial charge on any atom is 0.259 e. The van der Waals surface area contributed by atoms with E-state index in [-0.39, 0.29) is 17.6 Å². The number of halogens is 2. The summed E-state index contributed by atoms with van der Waals surface area (Å²) in [5, 5.41) is 5.54. The minimum absolute atomic E-state index is 0.348. The first-order valence-corrected chi connectivity index (χ1v) is 11.7. The second kappa shape index (κ2) is 11.4. The van der Waals surface area contributed by atoms with Crippen LogP contribution in [0, 0.1) is 5.82 Å². The standard InChI is InChI=1S/C28H22BrFN2O3/c29-21-9-14-26(35-16-15-19-5-2-1-3-6-19)25(18-21)28(34)32-24-8-4-7-20(17-24)27(33)31-23-12-10-22(30)11-13-23/h1-14,17-18H,15-16H2,(H,31,33)(H,32,34). The van der Waals surface area contributed by atoms with Gasteiger partial charge in [0.1, 0.15) is 11.6 Å². The third kappa shape index (κ3) is 6.77. The average Bonchev–Trinajstić information content (AvgIpc) is 2.87. The SMILES string of the molecule is O=C(Nc1ccc(F)cc1)c1cccc(NC(=O)c2cc(Br)ccc2OCCc2ccccc2)c1. The molecule has 0 aliphatic rings. The van der Waals surface area contributed by atoms with E-state index < -0.39 is 0 Å². The van der Waals surface area contributed by atoms with Crippen molar-refractivity contribution in [3.8, 4) is 5.75 Å². The molecule has 0 aliphatic carbocycles. The molecule has 0 aliphatic heterocycles. The van der Waals surface area contributed by atoms with Crippen LogP contribution in [0.2, 0.25) is 0 Å². The van der Waals surface area contributed by atoms with E-state index in [2.05, 4.69) is 26.6 Å². The van der Waals surface area contributed by atoms with E-state index in [4.69, 9.17) is 4.74 Å². The predicted molar refractivity (Wildman–Crippen MR) is 139 cm³/mol. The number of hydrogen-bond donors (Lipinski definition) is 2. The highest BCUT2D eigenvalue weighted by molar-refractivity contribution is 9.10. The molecule has 0 unspecified atom stereocenters. The number of anilines is 2. The molecule has 7 heteroatoms. The first-order valence-electron chi connectivity index (χ1n) is 10.9. The summed E-state index contributed by atoms with van der Waals surface area (Å²) in [6.07, 6.45) is 0.711. The van der Waals surface area contributed by atoms with E-state index in [1.807, 2.05) is 36.4 Å². The van der Waals surface area contributed by atoms with E-state index in [0.29, 0.717) is 41.3 Å². The molecular weight excluding hydrogens is 511 g/mol. The average molecular weight is 533 g/mol. The second-order valence-electron chi connectivity index (χ2n) is 7.72. The number of hydrogen-bond acceptors (Lipinski definition) is 3. The monoisotopic (exact) mass is 532 g/mol. The minimum Gasteiger partial charge on any atom is -0.492 e. The molecule has 5 nitrogen and oxygen atoms in total. The fourth-order valence-electron chi connectivity index (χ4n) is 3.40. The van der Waals surface area contributed by atoms with Crippen LogP contribution in [-0.2, 0) is 6.42 Å². The fourth-order valence-corrected chi connectivity index (χ4v) is 3.76. The van der Waals surface area contributed by atoms with Gasteiger partial charge < -0.3 is 15.4 Å². The van der Waals surface area contributed by atoms with Gasteiger partial charge in [-0.2, -0.15) is 0 Å². The number of nitrogens with one attached hydrogen (secondary N) is 2. The molecule has 4 rings (SSSR count). The van der Waals surface area contributed by atoms with Gasteiger partial charge in [-0.1, -0.05) is 52.3 Å². The topological polar surface area (TPSA) is 67.4 Å². The highest BCUT2D eigenvalue weighted by atomic mass is 79.9. The van der Waals surface area contributed by atoms with Gasteiger partial charge >= 0.3 is 0 Å². The van der Waals surface area contributed by atoms with E-state index >= 15 is 0 Å². The quantitative estimate of drug-likeness (QED) is 0.265. The van der Waals surface area contributed by atoms with E-state index in [0.717, 1.165) is 10.0 Å². The normalized spacial score (nSPS) is 10.5. The largest absolute Gasteiger partial charge is 0.492 e. The number of rotatable bonds is 8. The highest BCUT2D eigenvalue weighted by Gasteiger charge is 2.15. The second-order valence-corrected chi connectivity index (χ2v) is 8.64. The molecule has 0 radical (unpaired) electrons. The Morgan fingerprint density at radius 2 is 1.51 bits per heavy atom. The number of carbonyl (C=O) groups excluding carboxylic acids is 2. The fraction of sp³-hybridized carbons (Fsp3) is 0.0714. The summed E-state index contributed by atoms with van der Waals surface area (Å²) in [5.41, 5.74) is 2.79. The lowest BCUT2D eigenvalue weighted by molar-refractivity contribution is 0.101. The van der Waals surface area contributed by atoms with Crippen LogP contribution >= 0.6 is 15.9 Å². The number of carbonyl (C=O) groups is 2. The molecule has 2 amide bonds. The van der Waals surface area contributed by atoms with Crippen LogP contribution in [-0.4, -0.2) is 18.4 Å². The van der Waals surface area contributed by atoms with Crippen LogP contribution in [0.4, 0.5) is 15.8 Å². The molecule has 176 valence electrons. The van der Waals surface area contributed by atoms with Crippen molar-refractivity contribution < 1.29 is 18.7 Å². The summed E-state index contributed by atoms with van der Waals surface area (Å²) in [6, 6.07) is 27.3. The van der Waals surface area contributed by atoms with Crippen molar-refractivity contribution in [1.82, 2.24) is 0 Å². The molecule has 0 heterocycles. The van der Waals surface area contributed by atoms with Gasteiger partial charge in [0.25, 0.3) is 11.8 Å². The Balaban J connectivity index is 1.44.